The number of nitrogens with one attached hydrogen (secondary N) is 3. The lowest BCUT2D eigenvalue weighted by molar-refractivity contribution is -0.128. The molecule has 4 rings (SSSR count). The lowest BCUT2D eigenvalue weighted by Gasteiger charge is -2.37. The number of amides is 4. The first-order chi connectivity index (χ1) is 27.4. The number of ether oxygens (including phenoxy) is 2. The maximum absolute atomic E-state index is 14.2. The summed E-state index contributed by atoms with van der Waals surface area (Å²) in [5.41, 5.74) is 2.81. The minimum Gasteiger partial charge on any atom is -0.483 e. The minimum absolute atomic E-state index is 0.0825. The fourth-order valence-electron chi connectivity index (χ4n) is 6.77. The van der Waals surface area contributed by atoms with Crippen LogP contribution in [-0.4, -0.2) is 84.3 Å². The molecule has 58 heavy (non-hydrogen) atoms. The van der Waals surface area contributed by atoms with E-state index in [4.69, 9.17) is 18.5 Å². The highest BCUT2D eigenvalue weighted by Gasteiger charge is 2.38. The van der Waals surface area contributed by atoms with Crippen molar-refractivity contribution in [3.8, 4) is 5.75 Å². The number of hydrogen-bond donors (Lipinski definition) is 4. The SMILES string of the molecule is Cc1cccc(C)c1OCC(=O)N[C@@H](Cc1ccccc1)[C@H](C[C@H](Cc1ccccc1)NC(=O)[C@H](C(C)C)N1CCCNC1=O)OC(=O)OP(=O)(O)OCC(C)(C)C. The molecule has 15 heteroatoms. The van der Waals surface area contributed by atoms with Crippen molar-refractivity contribution in [1.82, 2.24) is 20.9 Å². The van der Waals surface area contributed by atoms with Gasteiger partial charge < -0.3 is 34.8 Å². The van der Waals surface area contributed by atoms with Crippen LogP contribution >= 0.6 is 7.82 Å². The van der Waals surface area contributed by atoms with Crippen molar-refractivity contribution in [2.75, 3.05) is 26.3 Å². The Balaban J connectivity index is 1.71. The molecule has 0 spiro atoms. The highest BCUT2D eigenvalue weighted by atomic mass is 31.2. The Morgan fingerprint density at radius 2 is 1.50 bits per heavy atom. The second-order valence-corrected chi connectivity index (χ2v) is 17.7. The maximum Gasteiger partial charge on any atom is 0.532 e. The van der Waals surface area contributed by atoms with Crippen LogP contribution in [0.15, 0.2) is 78.9 Å². The van der Waals surface area contributed by atoms with Crippen molar-refractivity contribution in [3.05, 3.63) is 101 Å². The normalized spacial score (nSPS) is 16.2. The zero-order valence-electron chi connectivity index (χ0n) is 34.6. The molecule has 0 bridgehead atoms. The number of phosphoric acid groups is 1. The van der Waals surface area contributed by atoms with E-state index in [2.05, 4.69) is 16.0 Å². The van der Waals surface area contributed by atoms with E-state index in [0.717, 1.165) is 22.3 Å². The molecule has 1 heterocycles. The van der Waals surface area contributed by atoms with Crippen molar-refractivity contribution in [1.29, 1.82) is 0 Å². The predicted octanol–water partition coefficient (Wildman–Crippen LogP) is 6.65. The van der Waals surface area contributed by atoms with Crippen LogP contribution in [0.5, 0.6) is 5.75 Å². The summed E-state index contributed by atoms with van der Waals surface area (Å²) in [7, 11) is -4.93. The molecule has 0 radical (unpaired) electrons. The maximum atomic E-state index is 14.2. The summed E-state index contributed by atoms with van der Waals surface area (Å²) in [6.07, 6.45) is -1.73. The first-order valence-electron chi connectivity index (χ1n) is 19.7. The lowest BCUT2D eigenvalue weighted by atomic mass is 9.92. The van der Waals surface area contributed by atoms with Gasteiger partial charge in [-0.05, 0) is 66.7 Å². The van der Waals surface area contributed by atoms with Gasteiger partial charge in [0.05, 0.1) is 12.6 Å². The van der Waals surface area contributed by atoms with E-state index in [9.17, 15) is 28.6 Å². The van der Waals surface area contributed by atoms with Gasteiger partial charge >= 0.3 is 20.0 Å². The standard InChI is InChI=1S/C43H59N4O10P/c1-29(2)38(47-23-15-22-44-41(47)50)40(49)45-34(24-32-18-10-8-11-19-32)26-36(56-42(51)57-58(52,53)55-28-43(5,6)7)35(25-33-20-12-9-13-21-33)46-37(48)27-54-39-30(3)16-14-17-31(39)4/h8-14,16-21,29,34-36,38H,15,22-28H2,1-7H3,(H,44,50)(H,45,49)(H,46,48)(H,52,53)/t34-,35-,36-,38-/m0/s1. The van der Waals surface area contributed by atoms with E-state index in [1.54, 1.807) is 20.8 Å². The van der Waals surface area contributed by atoms with E-state index in [1.165, 1.54) is 4.90 Å². The predicted molar refractivity (Wildman–Crippen MR) is 220 cm³/mol. The van der Waals surface area contributed by atoms with Crippen molar-refractivity contribution >= 4 is 31.8 Å². The van der Waals surface area contributed by atoms with Crippen LogP contribution in [0.4, 0.5) is 9.59 Å². The van der Waals surface area contributed by atoms with E-state index < -0.39 is 55.4 Å². The molecule has 3 aromatic rings. The second-order valence-electron chi connectivity index (χ2n) is 16.3. The van der Waals surface area contributed by atoms with Crippen molar-refractivity contribution in [2.24, 2.45) is 11.3 Å². The van der Waals surface area contributed by atoms with E-state index in [1.807, 2.05) is 107 Å². The van der Waals surface area contributed by atoms with Crippen molar-refractivity contribution < 1.29 is 47.2 Å². The fraction of sp³-hybridized carbons (Fsp3) is 0.488. The van der Waals surface area contributed by atoms with Crippen LogP contribution in [0.25, 0.3) is 0 Å². The van der Waals surface area contributed by atoms with Gasteiger partial charge in [0, 0.05) is 25.6 Å². The summed E-state index contributed by atoms with van der Waals surface area (Å²) in [6.45, 7) is 13.2. The number of urea groups is 1. The van der Waals surface area contributed by atoms with Gasteiger partial charge in [0.15, 0.2) is 6.61 Å². The van der Waals surface area contributed by atoms with Crippen LogP contribution in [0.1, 0.15) is 69.7 Å². The van der Waals surface area contributed by atoms with E-state index in [-0.39, 0.29) is 44.4 Å². The number of carbonyl (C=O) groups excluding carboxylic acids is 4. The Morgan fingerprint density at radius 3 is 2.07 bits per heavy atom. The molecule has 3 aromatic carbocycles. The van der Waals surface area contributed by atoms with Crippen molar-refractivity contribution in [3.63, 3.8) is 0 Å². The zero-order chi connectivity index (χ0) is 42.5. The Kier molecular flexibility index (Phi) is 16.7. The first-order valence-corrected chi connectivity index (χ1v) is 21.2. The van der Waals surface area contributed by atoms with Gasteiger partial charge in [-0.25, -0.2) is 14.2 Å². The minimum atomic E-state index is -4.93. The molecule has 1 unspecified atom stereocenters. The molecule has 1 aliphatic heterocycles. The van der Waals surface area contributed by atoms with Crippen LogP contribution in [0.3, 0.4) is 0 Å². The van der Waals surface area contributed by atoms with Crippen molar-refractivity contribution in [2.45, 2.75) is 98.4 Å². The molecule has 0 aromatic heterocycles. The smallest absolute Gasteiger partial charge is 0.483 e. The summed E-state index contributed by atoms with van der Waals surface area (Å²) >= 11 is 0. The van der Waals surface area contributed by atoms with Gasteiger partial charge in [0.2, 0.25) is 5.91 Å². The Labute approximate surface area is 342 Å². The summed E-state index contributed by atoms with van der Waals surface area (Å²) in [4.78, 5) is 66.4. The Bertz CT molecular complexity index is 1850. The number of phosphoric ester groups is 1. The summed E-state index contributed by atoms with van der Waals surface area (Å²) < 4.78 is 34.8. The van der Waals surface area contributed by atoms with Gasteiger partial charge in [-0.3, -0.25) is 19.0 Å². The topological polar surface area (TPSA) is 182 Å². The monoisotopic (exact) mass is 822 g/mol. The number of rotatable bonds is 19. The average Bonchev–Trinajstić information content (AvgIpc) is 3.14. The molecular weight excluding hydrogens is 763 g/mol. The van der Waals surface area contributed by atoms with Gasteiger partial charge in [-0.1, -0.05) is 113 Å². The molecule has 0 aliphatic carbocycles. The third-order valence-corrected chi connectivity index (χ3v) is 10.3. The lowest BCUT2D eigenvalue weighted by Crippen LogP contribution is -2.59. The summed E-state index contributed by atoms with van der Waals surface area (Å²) in [5, 5.41) is 8.92. The number of aryl methyl sites for hydroxylation is 2. The van der Waals surface area contributed by atoms with Gasteiger partial charge in [-0.15, -0.1) is 0 Å². The fourth-order valence-corrected chi connectivity index (χ4v) is 7.60. The Morgan fingerprint density at radius 1 is 0.897 bits per heavy atom. The Hall–Kier alpha value is -4.91. The first kappa shape index (κ1) is 45.8. The third-order valence-electron chi connectivity index (χ3n) is 9.49. The molecule has 4 amide bonds. The van der Waals surface area contributed by atoms with Crippen LogP contribution < -0.4 is 20.7 Å². The molecule has 1 fully saturated rings. The number of hydrogen-bond acceptors (Lipinski definition) is 9. The van der Waals surface area contributed by atoms with E-state index in [0.29, 0.717) is 25.3 Å². The van der Waals surface area contributed by atoms with Crippen LogP contribution in [-0.2, 0) is 40.8 Å². The molecule has 316 valence electrons. The third kappa shape index (κ3) is 14.8. The quantitative estimate of drug-likeness (QED) is 0.0755. The number of para-hydroxylation sites is 1. The van der Waals surface area contributed by atoms with E-state index >= 15 is 0 Å². The number of benzene rings is 3. The highest BCUT2D eigenvalue weighted by molar-refractivity contribution is 7.48. The molecule has 1 saturated heterocycles. The molecule has 5 atom stereocenters. The number of nitrogens with zero attached hydrogens (tertiary/aromatic N) is 1. The van der Waals surface area contributed by atoms with Gasteiger partial charge in [0.25, 0.3) is 5.91 Å². The van der Waals surface area contributed by atoms with Gasteiger partial charge in [0.1, 0.15) is 17.9 Å². The highest BCUT2D eigenvalue weighted by Crippen LogP contribution is 2.45. The second kappa shape index (κ2) is 21.2. The van der Waals surface area contributed by atoms with Crippen LogP contribution in [0.2, 0.25) is 0 Å². The summed E-state index contributed by atoms with van der Waals surface area (Å²) in [6, 6.07) is 21.4. The molecule has 4 N–H and O–H groups in total. The largest absolute Gasteiger partial charge is 0.532 e. The zero-order valence-corrected chi connectivity index (χ0v) is 35.5. The average molecular weight is 823 g/mol. The van der Waals surface area contributed by atoms with Gasteiger partial charge in [-0.2, -0.15) is 0 Å². The molecule has 0 saturated carbocycles. The number of carbonyl (C=O) groups is 4. The molecular formula is C43H59N4O10P. The molecule has 14 nitrogen and oxygen atoms in total. The molecule has 1 aliphatic rings. The van der Waals surface area contributed by atoms with Crippen LogP contribution in [0, 0.1) is 25.2 Å². The summed E-state index contributed by atoms with van der Waals surface area (Å²) in [5.74, 6) is -0.616.